The number of thiophene rings is 1. The molecule has 196 valence electrons. The highest BCUT2D eigenvalue weighted by molar-refractivity contribution is 7.91. The second kappa shape index (κ2) is 9.97. The quantitative estimate of drug-likeness (QED) is 0.405. The number of aliphatic carboxylic acids is 1. The first kappa shape index (κ1) is 26.1. The second-order valence-electron chi connectivity index (χ2n) is 9.41. The molecule has 3 aromatic rings. The van der Waals surface area contributed by atoms with Crippen molar-refractivity contribution >= 4 is 54.9 Å². The number of carbonyl (C=O) groups is 2. The third kappa shape index (κ3) is 5.12. The van der Waals surface area contributed by atoms with Crippen LogP contribution in [0.4, 0.5) is 0 Å². The molecule has 3 N–H and O–H groups in total. The van der Waals surface area contributed by atoms with Gasteiger partial charge in [0, 0.05) is 42.4 Å². The molecule has 3 heterocycles. The van der Waals surface area contributed by atoms with Crippen LogP contribution in [-0.4, -0.2) is 66.8 Å². The average Bonchev–Trinajstić information content (AvgIpc) is 3.49. The Balaban J connectivity index is 1.37. The summed E-state index contributed by atoms with van der Waals surface area (Å²) in [4.78, 5) is 26.6. The number of sulfonamides is 1. The Kier molecular flexibility index (Phi) is 7.03. The smallest absolute Gasteiger partial charge is 0.305 e. The largest absolute Gasteiger partial charge is 0.481 e. The Morgan fingerprint density at radius 1 is 1.14 bits per heavy atom. The highest BCUT2D eigenvalue weighted by Crippen LogP contribution is 2.34. The van der Waals surface area contributed by atoms with Crippen LogP contribution in [0.15, 0.2) is 52.7 Å². The summed E-state index contributed by atoms with van der Waals surface area (Å²) < 4.78 is 28.9. The highest BCUT2D eigenvalue weighted by atomic mass is 35.5. The summed E-state index contributed by atoms with van der Waals surface area (Å²) >= 11 is 7.10. The van der Waals surface area contributed by atoms with Crippen LogP contribution in [0, 0.1) is 0 Å². The standard InChI is InChI=1S/C25H27ClN4O5S2/c1-25(27-8-9-28-25)18-5-2-16(3-6-18)15-29-10-11-30(20(24(29)33)14-22(31)32)37(34,35)23-12-17-4-7-19(26)13-21(17)36-23/h2-7,12-13,20,27-28H,8-11,14-15H2,1H3,(H,31,32). The van der Waals surface area contributed by atoms with Gasteiger partial charge >= 0.3 is 5.97 Å². The minimum atomic E-state index is -4.10. The van der Waals surface area contributed by atoms with E-state index >= 15 is 0 Å². The van der Waals surface area contributed by atoms with E-state index in [-0.39, 0.29) is 29.5 Å². The first-order valence-corrected chi connectivity index (χ1v) is 14.5. The summed E-state index contributed by atoms with van der Waals surface area (Å²) in [7, 11) is -4.10. The molecule has 0 radical (unpaired) electrons. The summed E-state index contributed by atoms with van der Waals surface area (Å²) in [5, 5.41) is 17.6. The minimum Gasteiger partial charge on any atom is -0.481 e. The van der Waals surface area contributed by atoms with Crippen LogP contribution in [0.3, 0.4) is 0 Å². The van der Waals surface area contributed by atoms with Crippen molar-refractivity contribution in [2.24, 2.45) is 0 Å². The molecule has 9 nitrogen and oxygen atoms in total. The Bertz CT molecular complexity index is 1450. The number of fused-ring (bicyclic) bond motifs is 1. The number of nitrogens with zero attached hydrogens (tertiary/aromatic N) is 2. The van der Waals surface area contributed by atoms with Gasteiger partial charge in [-0.3, -0.25) is 20.2 Å². The Morgan fingerprint density at radius 3 is 2.51 bits per heavy atom. The SMILES string of the molecule is CC1(c2ccc(CN3CCN(S(=O)(=O)c4cc5ccc(Cl)cc5s4)C(CC(=O)O)C3=O)cc2)NCCN1. The lowest BCUT2D eigenvalue weighted by atomic mass is 10.0. The van der Waals surface area contributed by atoms with Crippen molar-refractivity contribution in [2.45, 2.75) is 35.8 Å². The van der Waals surface area contributed by atoms with E-state index in [1.807, 2.05) is 24.3 Å². The maximum atomic E-state index is 13.6. The summed E-state index contributed by atoms with van der Waals surface area (Å²) in [6.45, 7) is 4.25. The fourth-order valence-corrected chi connectivity index (χ4v) is 8.27. The number of halogens is 1. The van der Waals surface area contributed by atoms with Crippen LogP contribution in [0.5, 0.6) is 0 Å². The lowest BCUT2D eigenvalue weighted by Gasteiger charge is -2.39. The molecule has 2 saturated heterocycles. The van der Waals surface area contributed by atoms with Crippen LogP contribution in [0.1, 0.15) is 24.5 Å². The van der Waals surface area contributed by atoms with Gasteiger partial charge in [0.25, 0.3) is 10.0 Å². The molecule has 37 heavy (non-hydrogen) atoms. The van der Waals surface area contributed by atoms with Gasteiger partial charge in [-0.25, -0.2) is 8.42 Å². The number of carbonyl (C=O) groups excluding carboxylic acids is 1. The van der Waals surface area contributed by atoms with Gasteiger partial charge in [-0.05, 0) is 41.6 Å². The zero-order valence-corrected chi connectivity index (χ0v) is 22.5. The normalized spacial score (nSPS) is 20.5. The molecule has 2 aliphatic heterocycles. The summed E-state index contributed by atoms with van der Waals surface area (Å²) in [6.07, 6.45) is -0.611. The lowest BCUT2D eigenvalue weighted by Crippen LogP contribution is -2.58. The van der Waals surface area contributed by atoms with Gasteiger partial charge in [0.2, 0.25) is 5.91 Å². The van der Waals surface area contributed by atoms with Crippen molar-refractivity contribution in [3.05, 3.63) is 64.7 Å². The molecule has 0 saturated carbocycles. The average molecular weight is 563 g/mol. The van der Waals surface area contributed by atoms with Gasteiger partial charge in [-0.2, -0.15) is 4.31 Å². The van der Waals surface area contributed by atoms with E-state index in [0.29, 0.717) is 15.1 Å². The van der Waals surface area contributed by atoms with E-state index in [4.69, 9.17) is 11.6 Å². The maximum absolute atomic E-state index is 13.6. The van der Waals surface area contributed by atoms with E-state index in [0.717, 1.165) is 39.9 Å². The summed E-state index contributed by atoms with van der Waals surface area (Å²) in [6, 6.07) is 13.2. The molecule has 2 aromatic carbocycles. The molecule has 1 unspecified atom stereocenters. The molecule has 0 bridgehead atoms. The Hall–Kier alpha value is -2.54. The molecule has 2 fully saturated rings. The van der Waals surface area contributed by atoms with E-state index in [1.165, 1.54) is 11.0 Å². The van der Waals surface area contributed by atoms with Crippen molar-refractivity contribution in [1.82, 2.24) is 19.8 Å². The van der Waals surface area contributed by atoms with Crippen molar-refractivity contribution in [2.75, 3.05) is 26.2 Å². The van der Waals surface area contributed by atoms with E-state index in [9.17, 15) is 23.1 Å². The van der Waals surface area contributed by atoms with E-state index < -0.39 is 34.4 Å². The molecule has 0 spiro atoms. The van der Waals surface area contributed by atoms with Gasteiger partial charge in [-0.15, -0.1) is 11.3 Å². The third-order valence-electron chi connectivity index (χ3n) is 6.91. The molecular weight excluding hydrogens is 536 g/mol. The van der Waals surface area contributed by atoms with E-state index in [2.05, 4.69) is 17.6 Å². The van der Waals surface area contributed by atoms with Crippen molar-refractivity contribution in [3.63, 3.8) is 0 Å². The molecule has 0 aliphatic carbocycles. The summed E-state index contributed by atoms with van der Waals surface area (Å²) in [5.74, 6) is -1.76. The van der Waals surface area contributed by atoms with Gasteiger partial charge in [0.15, 0.2) is 0 Å². The predicted molar refractivity (Wildman–Crippen MR) is 142 cm³/mol. The molecule has 1 aromatic heterocycles. The molecule has 2 aliphatic rings. The lowest BCUT2D eigenvalue weighted by molar-refractivity contribution is -0.147. The number of hydrogen-bond donors (Lipinski definition) is 3. The minimum absolute atomic E-state index is 0.00498. The highest BCUT2D eigenvalue weighted by Gasteiger charge is 2.43. The Morgan fingerprint density at radius 2 is 1.84 bits per heavy atom. The van der Waals surface area contributed by atoms with Crippen molar-refractivity contribution in [1.29, 1.82) is 0 Å². The second-order valence-corrected chi connectivity index (χ2v) is 13.0. The number of piperazine rings is 1. The number of carboxylic acids is 1. The number of amides is 1. The first-order chi connectivity index (χ1) is 17.6. The van der Waals surface area contributed by atoms with Gasteiger partial charge in [-0.1, -0.05) is 41.9 Å². The monoisotopic (exact) mass is 562 g/mol. The first-order valence-electron chi connectivity index (χ1n) is 11.9. The van der Waals surface area contributed by atoms with Crippen molar-refractivity contribution < 1.29 is 23.1 Å². The van der Waals surface area contributed by atoms with Crippen LogP contribution in [0.25, 0.3) is 10.1 Å². The van der Waals surface area contributed by atoms with Crippen LogP contribution < -0.4 is 10.6 Å². The number of benzene rings is 2. The van der Waals surface area contributed by atoms with Gasteiger partial charge in [0.05, 0.1) is 12.1 Å². The maximum Gasteiger partial charge on any atom is 0.305 e. The summed E-state index contributed by atoms with van der Waals surface area (Å²) in [5.41, 5.74) is 1.65. The zero-order chi connectivity index (χ0) is 26.4. The molecule has 5 rings (SSSR count). The van der Waals surface area contributed by atoms with Crippen LogP contribution in [0.2, 0.25) is 5.02 Å². The molecular formula is C25H27ClN4O5S2. The molecule has 12 heteroatoms. The third-order valence-corrected chi connectivity index (χ3v) is 10.6. The van der Waals surface area contributed by atoms with Crippen molar-refractivity contribution in [3.8, 4) is 0 Å². The topological polar surface area (TPSA) is 119 Å². The number of hydrogen-bond acceptors (Lipinski definition) is 7. The predicted octanol–water partition coefficient (Wildman–Crippen LogP) is 2.80. The van der Waals surface area contributed by atoms with Crippen LogP contribution in [-0.2, 0) is 31.8 Å². The fourth-order valence-electron chi connectivity index (χ4n) is 4.90. The van der Waals surface area contributed by atoms with E-state index in [1.54, 1.807) is 18.2 Å². The van der Waals surface area contributed by atoms with Gasteiger partial charge in [0.1, 0.15) is 10.3 Å². The molecule has 1 atom stereocenters. The number of carboxylic acid groups (broad SMARTS) is 1. The molecule has 1 amide bonds. The number of nitrogens with one attached hydrogen (secondary N) is 2. The fraction of sp³-hybridized carbons (Fsp3) is 0.360. The number of rotatable bonds is 7. The van der Waals surface area contributed by atoms with Crippen LogP contribution >= 0.6 is 22.9 Å². The zero-order valence-electron chi connectivity index (χ0n) is 20.1. The Labute approximate surface area is 224 Å². The van der Waals surface area contributed by atoms with Gasteiger partial charge < -0.3 is 10.0 Å².